The van der Waals surface area contributed by atoms with Crippen molar-refractivity contribution in [1.29, 1.82) is 0 Å². The summed E-state index contributed by atoms with van der Waals surface area (Å²) in [6.45, 7) is 4.14. The lowest BCUT2D eigenvalue weighted by Crippen LogP contribution is -2.36. The quantitative estimate of drug-likeness (QED) is 0.362. The van der Waals surface area contributed by atoms with Crippen LogP contribution < -0.4 is 4.74 Å². The molecule has 2 atom stereocenters. The molecule has 1 aliphatic heterocycles. The van der Waals surface area contributed by atoms with Crippen LogP contribution in [-0.4, -0.2) is 43.6 Å². The number of likely N-dealkylation sites (tertiary alicyclic amines) is 1. The maximum Gasteiger partial charge on any atom is 0.118 e. The van der Waals surface area contributed by atoms with Crippen LogP contribution in [0.4, 0.5) is 0 Å². The highest BCUT2D eigenvalue weighted by molar-refractivity contribution is 6.30. The average Bonchev–Trinajstić information content (AvgIpc) is 2.86. The normalized spacial score (nSPS) is 20.5. The average molecular weight is 486 g/mol. The number of nitrogens with zero attached hydrogens (tertiary/aromatic N) is 1. The summed E-state index contributed by atoms with van der Waals surface area (Å²) in [4.78, 5) is 2.57. The van der Waals surface area contributed by atoms with Crippen LogP contribution in [0, 0.1) is 5.92 Å². The summed E-state index contributed by atoms with van der Waals surface area (Å²) in [6, 6.07) is 16.4. The summed E-state index contributed by atoms with van der Waals surface area (Å²) in [5.74, 6) is 1.50. The monoisotopic (exact) mass is 485 g/mol. The Labute approximate surface area is 208 Å². The molecule has 0 N–H and O–H groups in total. The van der Waals surface area contributed by atoms with Gasteiger partial charge in [-0.15, -0.1) is 11.6 Å². The molecule has 2 aromatic rings. The molecule has 2 aromatic carbocycles. The first-order chi connectivity index (χ1) is 16.1. The lowest BCUT2D eigenvalue weighted by Gasteiger charge is -2.33. The molecule has 176 valence electrons. The minimum absolute atomic E-state index is 0.0712. The van der Waals surface area contributed by atoms with E-state index < -0.39 is 0 Å². The minimum Gasteiger partial charge on any atom is -0.497 e. The number of hydrogen-bond donors (Lipinski definition) is 0. The molecule has 5 heteroatoms. The highest BCUT2D eigenvalue weighted by Crippen LogP contribution is 2.32. The number of piperidine rings is 1. The van der Waals surface area contributed by atoms with Gasteiger partial charge in [-0.1, -0.05) is 54.1 Å². The van der Waals surface area contributed by atoms with Gasteiger partial charge in [0.15, 0.2) is 0 Å². The molecule has 0 bridgehead atoms. The molecule has 0 spiro atoms. The second-order valence-electron chi connectivity index (χ2n) is 8.96. The third kappa shape index (κ3) is 7.10. The van der Waals surface area contributed by atoms with Gasteiger partial charge in [0.1, 0.15) is 11.9 Å². The van der Waals surface area contributed by atoms with Crippen LogP contribution in [0.3, 0.4) is 0 Å². The van der Waals surface area contributed by atoms with Gasteiger partial charge in [0.2, 0.25) is 0 Å². The van der Waals surface area contributed by atoms with E-state index in [1.807, 2.05) is 24.3 Å². The van der Waals surface area contributed by atoms with Crippen LogP contribution in [0.25, 0.3) is 0 Å². The summed E-state index contributed by atoms with van der Waals surface area (Å²) < 4.78 is 11.8. The fraction of sp³-hybridized carbons (Fsp3) is 0.429. The van der Waals surface area contributed by atoms with Gasteiger partial charge in [-0.2, -0.15) is 0 Å². The van der Waals surface area contributed by atoms with E-state index in [2.05, 4.69) is 47.4 Å². The Morgan fingerprint density at radius 3 is 2.39 bits per heavy atom. The fourth-order valence-corrected chi connectivity index (χ4v) is 4.80. The lowest BCUT2D eigenvalue weighted by molar-refractivity contribution is 0.0306. The molecule has 33 heavy (non-hydrogen) atoms. The van der Waals surface area contributed by atoms with Gasteiger partial charge in [-0.05, 0) is 85.7 Å². The number of ether oxygens (including phenoxy) is 2. The number of halogens is 2. The predicted molar refractivity (Wildman–Crippen MR) is 137 cm³/mol. The number of benzene rings is 2. The smallest absolute Gasteiger partial charge is 0.118 e. The van der Waals surface area contributed by atoms with Gasteiger partial charge in [-0.25, -0.2) is 0 Å². The molecule has 0 radical (unpaired) electrons. The Morgan fingerprint density at radius 1 is 1.03 bits per heavy atom. The molecule has 1 aliphatic carbocycles. The first-order valence-electron chi connectivity index (χ1n) is 11.9. The second kappa shape index (κ2) is 12.1. The van der Waals surface area contributed by atoms with Gasteiger partial charge in [0, 0.05) is 11.6 Å². The maximum atomic E-state index is 6.53. The van der Waals surface area contributed by atoms with Crippen molar-refractivity contribution in [2.75, 3.05) is 33.4 Å². The van der Waals surface area contributed by atoms with Gasteiger partial charge in [0.05, 0.1) is 19.1 Å². The summed E-state index contributed by atoms with van der Waals surface area (Å²) in [7, 11) is 1.71. The number of allylic oxidation sites excluding steroid dienone is 2. The zero-order chi connectivity index (χ0) is 23.0. The molecule has 2 unspecified atom stereocenters. The summed E-state index contributed by atoms with van der Waals surface area (Å²) in [6.07, 6.45) is 10.6. The Hall–Kier alpha value is -1.78. The molecular weight excluding hydrogens is 453 g/mol. The molecule has 1 heterocycles. The standard InChI is InChI=1S/C28H33Cl2NO2/c1-32-27-12-2-21(3-13-27)14-17-31-18-15-22(16-19-31)20-33-28(23-4-8-25(29)9-5-23)24-6-10-26(30)11-7-24/h2-10,12-13,22,26,28H,11,14-20H2,1H3. The summed E-state index contributed by atoms with van der Waals surface area (Å²) in [5.41, 5.74) is 3.69. The molecule has 1 fully saturated rings. The Kier molecular flexibility index (Phi) is 8.91. The van der Waals surface area contributed by atoms with Crippen molar-refractivity contribution >= 4 is 23.2 Å². The van der Waals surface area contributed by atoms with E-state index >= 15 is 0 Å². The van der Waals surface area contributed by atoms with Gasteiger partial charge < -0.3 is 14.4 Å². The molecule has 4 rings (SSSR count). The van der Waals surface area contributed by atoms with Crippen molar-refractivity contribution in [1.82, 2.24) is 4.90 Å². The number of rotatable bonds is 9. The van der Waals surface area contributed by atoms with Crippen molar-refractivity contribution in [3.63, 3.8) is 0 Å². The van der Waals surface area contributed by atoms with Crippen LogP contribution in [-0.2, 0) is 11.2 Å². The number of hydrogen-bond acceptors (Lipinski definition) is 3. The van der Waals surface area contributed by atoms with Crippen LogP contribution in [0.5, 0.6) is 5.75 Å². The molecular formula is C28H33Cl2NO2. The zero-order valence-electron chi connectivity index (χ0n) is 19.3. The third-order valence-electron chi connectivity index (χ3n) is 6.63. The largest absolute Gasteiger partial charge is 0.497 e. The Balaban J connectivity index is 1.27. The maximum absolute atomic E-state index is 6.53. The lowest BCUT2D eigenvalue weighted by atomic mass is 9.95. The van der Waals surface area contributed by atoms with Gasteiger partial charge in [-0.3, -0.25) is 0 Å². The van der Waals surface area contributed by atoms with Crippen molar-refractivity contribution in [3.8, 4) is 5.75 Å². The van der Waals surface area contributed by atoms with E-state index in [1.165, 1.54) is 24.0 Å². The Morgan fingerprint density at radius 2 is 1.76 bits per heavy atom. The topological polar surface area (TPSA) is 21.7 Å². The first-order valence-corrected chi connectivity index (χ1v) is 12.7. The molecule has 0 aromatic heterocycles. The van der Waals surface area contributed by atoms with Crippen molar-refractivity contribution in [3.05, 3.63) is 88.5 Å². The summed E-state index contributed by atoms with van der Waals surface area (Å²) in [5, 5.41) is 0.815. The van der Waals surface area contributed by atoms with Crippen LogP contribution in [0.15, 0.2) is 72.3 Å². The summed E-state index contributed by atoms with van der Waals surface area (Å²) >= 11 is 12.4. The second-order valence-corrected chi connectivity index (χ2v) is 9.96. The van der Waals surface area contributed by atoms with Gasteiger partial charge >= 0.3 is 0 Å². The van der Waals surface area contributed by atoms with E-state index in [0.29, 0.717) is 5.92 Å². The zero-order valence-corrected chi connectivity index (χ0v) is 20.8. The van der Waals surface area contributed by atoms with Crippen LogP contribution in [0.1, 0.15) is 36.5 Å². The molecule has 3 nitrogen and oxygen atoms in total. The highest BCUT2D eigenvalue weighted by atomic mass is 35.5. The number of alkyl halides is 1. The predicted octanol–water partition coefficient (Wildman–Crippen LogP) is 6.85. The van der Waals surface area contributed by atoms with Crippen LogP contribution in [0.2, 0.25) is 5.02 Å². The van der Waals surface area contributed by atoms with Crippen molar-refractivity contribution < 1.29 is 9.47 Å². The van der Waals surface area contributed by atoms with Crippen LogP contribution >= 0.6 is 23.2 Å². The van der Waals surface area contributed by atoms with Crippen molar-refractivity contribution in [2.24, 2.45) is 5.92 Å². The van der Waals surface area contributed by atoms with E-state index in [0.717, 1.165) is 55.4 Å². The van der Waals surface area contributed by atoms with E-state index in [-0.39, 0.29) is 11.5 Å². The Bertz CT molecular complexity index is 931. The first kappa shape index (κ1) is 24.3. The highest BCUT2D eigenvalue weighted by Gasteiger charge is 2.23. The minimum atomic E-state index is -0.0733. The van der Waals surface area contributed by atoms with E-state index in [4.69, 9.17) is 32.7 Å². The molecule has 1 saturated heterocycles. The SMILES string of the molecule is COc1ccc(CCN2CCC(COC(C3=CCC(Cl)C=C3)c3ccc(Cl)cc3)CC2)cc1. The molecule has 0 amide bonds. The number of methoxy groups -OCH3 is 1. The molecule has 2 aliphatic rings. The molecule has 0 saturated carbocycles. The van der Waals surface area contributed by atoms with Gasteiger partial charge in [0.25, 0.3) is 0 Å². The third-order valence-corrected chi connectivity index (χ3v) is 7.21. The fourth-order valence-electron chi connectivity index (χ4n) is 4.52. The van der Waals surface area contributed by atoms with Crippen molar-refractivity contribution in [2.45, 2.75) is 37.2 Å². The van der Waals surface area contributed by atoms with E-state index in [1.54, 1.807) is 7.11 Å². The van der Waals surface area contributed by atoms with E-state index in [9.17, 15) is 0 Å².